The van der Waals surface area contributed by atoms with Crippen LogP contribution in [0.2, 0.25) is 10.0 Å². The van der Waals surface area contributed by atoms with Gasteiger partial charge >= 0.3 is 11.8 Å². The number of amides is 2. The number of benzene rings is 1. The molecule has 17 heavy (non-hydrogen) atoms. The standard InChI is InChI=1S/C10H9Cl2N3O2/c1-5(14-15-10(17)9(13)16)7-3-2-6(11)4-8(7)12/h2-4H,1H3,(H2,13,16)(H,15,17)/b14-5+. The van der Waals surface area contributed by atoms with E-state index in [1.54, 1.807) is 25.1 Å². The molecule has 3 N–H and O–H groups in total. The molecule has 0 atom stereocenters. The van der Waals surface area contributed by atoms with Crippen molar-refractivity contribution in [1.82, 2.24) is 5.43 Å². The zero-order valence-electron chi connectivity index (χ0n) is 8.83. The summed E-state index contributed by atoms with van der Waals surface area (Å²) in [5, 5.41) is 4.58. The van der Waals surface area contributed by atoms with E-state index in [1.807, 2.05) is 5.43 Å². The second-order valence-corrected chi connectivity index (χ2v) is 3.97. The third kappa shape index (κ3) is 3.72. The molecule has 0 aliphatic rings. The van der Waals surface area contributed by atoms with Crippen LogP contribution in [-0.4, -0.2) is 17.5 Å². The van der Waals surface area contributed by atoms with Crippen molar-refractivity contribution >= 4 is 40.7 Å². The van der Waals surface area contributed by atoms with Gasteiger partial charge in [-0.15, -0.1) is 0 Å². The predicted molar refractivity (Wildman–Crippen MR) is 66.0 cm³/mol. The van der Waals surface area contributed by atoms with Crippen molar-refractivity contribution in [2.75, 3.05) is 0 Å². The van der Waals surface area contributed by atoms with Crippen LogP contribution in [0.3, 0.4) is 0 Å². The number of hydrogen-bond donors (Lipinski definition) is 2. The summed E-state index contributed by atoms with van der Waals surface area (Å²) in [7, 11) is 0. The summed E-state index contributed by atoms with van der Waals surface area (Å²) in [6, 6.07) is 4.84. The summed E-state index contributed by atoms with van der Waals surface area (Å²) in [4.78, 5) is 21.3. The summed E-state index contributed by atoms with van der Waals surface area (Å²) >= 11 is 11.7. The fraction of sp³-hybridized carbons (Fsp3) is 0.100. The first-order chi connectivity index (χ1) is 7.91. The summed E-state index contributed by atoms with van der Waals surface area (Å²) in [6.07, 6.45) is 0. The summed E-state index contributed by atoms with van der Waals surface area (Å²) < 4.78 is 0. The molecule has 0 spiro atoms. The molecule has 0 heterocycles. The van der Waals surface area contributed by atoms with E-state index >= 15 is 0 Å². The van der Waals surface area contributed by atoms with Gasteiger partial charge in [-0.05, 0) is 19.1 Å². The van der Waals surface area contributed by atoms with Gasteiger partial charge in [-0.25, -0.2) is 5.43 Å². The van der Waals surface area contributed by atoms with Crippen molar-refractivity contribution in [3.63, 3.8) is 0 Å². The molecule has 0 fully saturated rings. The lowest BCUT2D eigenvalue weighted by Gasteiger charge is -2.04. The molecule has 90 valence electrons. The van der Waals surface area contributed by atoms with Crippen LogP contribution in [0.1, 0.15) is 12.5 Å². The van der Waals surface area contributed by atoms with E-state index in [2.05, 4.69) is 5.10 Å². The summed E-state index contributed by atoms with van der Waals surface area (Å²) in [5.74, 6) is -2.10. The van der Waals surface area contributed by atoms with Gasteiger partial charge in [0.05, 0.1) is 10.7 Å². The highest BCUT2D eigenvalue weighted by atomic mass is 35.5. The van der Waals surface area contributed by atoms with Gasteiger partial charge in [0, 0.05) is 10.6 Å². The number of hydrogen-bond acceptors (Lipinski definition) is 3. The fourth-order valence-corrected chi connectivity index (χ4v) is 1.58. The molecule has 0 unspecified atom stereocenters. The van der Waals surface area contributed by atoms with Crippen LogP contribution in [-0.2, 0) is 9.59 Å². The van der Waals surface area contributed by atoms with E-state index < -0.39 is 11.8 Å². The minimum atomic E-state index is -1.11. The minimum Gasteiger partial charge on any atom is -0.361 e. The maximum absolute atomic E-state index is 10.9. The van der Waals surface area contributed by atoms with Gasteiger partial charge in [-0.2, -0.15) is 5.10 Å². The number of nitrogens with two attached hydrogens (primary N) is 1. The fourth-order valence-electron chi connectivity index (χ4n) is 1.03. The lowest BCUT2D eigenvalue weighted by atomic mass is 10.1. The van der Waals surface area contributed by atoms with E-state index in [-0.39, 0.29) is 0 Å². The average molecular weight is 274 g/mol. The van der Waals surface area contributed by atoms with Crippen molar-refractivity contribution < 1.29 is 9.59 Å². The Labute approximate surface area is 108 Å². The molecule has 0 aliphatic carbocycles. The van der Waals surface area contributed by atoms with E-state index in [0.717, 1.165) is 0 Å². The largest absolute Gasteiger partial charge is 0.361 e. The van der Waals surface area contributed by atoms with Crippen molar-refractivity contribution in [2.45, 2.75) is 6.92 Å². The molecular weight excluding hydrogens is 265 g/mol. The Kier molecular flexibility index (Phi) is 4.48. The van der Waals surface area contributed by atoms with Crippen LogP contribution in [0.4, 0.5) is 0 Å². The number of halogens is 2. The summed E-state index contributed by atoms with van der Waals surface area (Å²) in [5.41, 5.74) is 7.78. The van der Waals surface area contributed by atoms with Crippen LogP contribution >= 0.6 is 23.2 Å². The van der Waals surface area contributed by atoms with E-state index in [4.69, 9.17) is 28.9 Å². The van der Waals surface area contributed by atoms with Gasteiger partial charge < -0.3 is 5.73 Å². The second kappa shape index (κ2) is 5.65. The molecule has 7 heteroatoms. The number of primary amides is 1. The van der Waals surface area contributed by atoms with Crippen LogP contribution < -0.4 is 11.2 Å². The van der Waals surface area contributed by atoms with Crippen molar-refractivity contribution in [3.8, 4) is 0 Å². The smallest absolute Gasteiger partial charge is 0.329 e. The third-order valence-corrected chi connectivity index (χ3v) is 2.42. The zero-order chi connectivity index (χ0) is 13.0. The molecule has 0 saturated carbocycles. The second-order valence-electron chi connectivity index (χ2n) is 3.13. The lowest BCUT2D eigenvalue weighted by Crippen LogP contribution is -2.33. The number of carbonyl (C=O) groups is 2. The van der Waals surface area contributed by atoms with Crippen LogP contribution in [0.15, 0.2) is 23.3 Å². The molecule has 5 nitrogen and oxygen atoms in total. The van der Waals surface area contributed by atoms with E-state index in [9.17, 15) is 9.59 Å². The van der Waals surface area contributed by atoms with E-state index in [0.29, 0.717) is 21.3 Å². The van der Waals surface area contributed by atoms with Crippen molar-refractivity contribution in [1.29, 1.82) is 0 Å². The number of rotatable bonds is 2. The maximum Gasteiger partial charge on any atom is 0.329 e. The highest BCUT2D eigenvalue weighted by Gasteiger charge is 2.08. The van der Waals surface area contributed by atoms with Crippen LogP contribution in [0.25, 0.3) is 0 Å². The van der Waals surface area contributed by atoms with Crippen LogP contribution in [0.5, 0.6) is 0 Å². The van der Waals surface area contributed by atoms with Crippen molar-refractivity contribution in [2.24, 2.45) is 10.8 Å². The SMILES string of the molecule is C/C(=N\NC(=O)C(N)=O)c1ccc(Cl)cc1Cl. The molecular formula is C10H9Cl2N3O2. The Balaban J connectivity index is 2.89. The zero-order valence-corrected chi connectivity index (χ0v) is 10.3. The Bertz CT molecular complexity index is 500. The molecule has 0 bridgehead atoms. The lowest BCUT2D eigenvalue weighted by molar-refractivity contribution is -0.137. The number of nitrogens with zero attached hydrogens (tertiary/aromatic N) is 1. The molecule has 0 radical (unpaired) electrons. The Hall–Kier alpha value is -1.59. The molecule has 1 rings (SSSR count). The van der Waals surface area contributed by atoms with Gasteiger partial charge in [-0.1, -0.05) is 29.3 Å². The molecule has 1 aromatic rings. The monoisotopic (exact) mass is 273 g/mol. The Morgan fingerprint density at radius 1 is 1.35 bits per heavy atom. The normalized spacial score (nSPS) is 11.1. The third-order valence-electron chi connectivity index (χ3n) is 1.87. The average Bonchev–Trinajstić information content (AvgIpc) is 2.25. The molecule has 0 aliphatic heterocycles. The van der Waals surface area contributed by atoms with Gasteiger partial charge in [-0.3, -0.25) is 9.59 Å². The van der Waals surface area contributed by atoms with Gasteiger partial charge in [0.2, 0.25) is 0 Å². The minimum absolute atomic E-state index is 0.395. The first-order valence-corrected chi connectivity index (χ1v) is 5.27. The highest BCUT2D eigenvalue weighted by molar-refractivity contribution is 6.37. The van der Waals surface area contributed by atoms with Gasteiger partial charge in [0.25, 0.3) is 0 Å². The topological polar surface area (TPSA) is 84.6 Å². The quantitative estimate of drug-likeness (QED) is 0.484. The molecule has 1 aromatic carbocycles. The van der Waals surface area contributed by atoms with E-state index in [1.165, 1.54) is 0 Å². The van der Waals surface area contributed by atoms with Gasteiger partial charge in [0.1, 0.15) is 0 Å². The number of hydrazone groups is 1. The first kappa shape index (κ1) is 13.5. The van der Waals surface area contributed by atoms with Gasteiger partial charge in [0.15, 0.2) is 0 Å². The molecule has 2 amide bonds. The van der Waals surface area contributed by atoms with Crippen LogP contribution in [0, 0.1) is 0 Å². The molecule has 0 aromatic heterocycles. The number of carbonyl (C=O) groups excluding carboxylic acids is 2. The predicted octanol–water partition coefficient (Wildman–Crippen LogP) is 1.32. The Morgan fingerprint density at radius 2 is 2.00 bits per heavy atom. The maximum atomic E-state index is 10.9. The molecule has 0 saturated heterocycles. The number of nitrogens with one attached hydrogen (secondary N) is 1. The Morgan fingerprint density at radius 3 is 2.53 bits per heavy atom. The highest BCUT2D eigenvalue weighted by Crippen LogP contribution is 2.21. The first-order valence-electron chi connectivity index (χ1n) is 4.51. The van der Waals surface area contributed by atoms with Crippen molar-refractivity contribution in [3.05, 3.63) is 33.8 Å². The summed E-state index contributed by atoms with van der Waals surface area (Å²) in [6.45, 7) is 1.62.